The van der Waals surface area contributed by atoms with E-state index in [9.17, 15) is 14.0 Å². The molecule has 0 aliphatic carbocycles. The zero-order valence-electron chi connectivity index (χ0n) is 19.3. The number of carbonyl (C=O) groups is 2. The first-order valence-corrected chi connectivity index (χ1v) is 12.1. The Morgan fingerprint density at radius 2 is 1.86 bits per heavy atom. The van der Waals surface area contributed by atoms with Crippen LogP contribution in [0, 0.1) is 12.7 Å². The first-order valence-electron chi connectivity index (χ1n) is 11.2. The highest BCUT2D eigenvalue weighted by atomic mass is 32.1. The highest BCUT2D eigenvalue weighted by Gasteiger charge is 2.27. The number of ether oxygens (including phenoxy) is 1. The van der Waals surface area contributed by atoms with Crippen LogP contribution in [0.15, 0.2) is 72.1 Å². The molecule has 1 aliphatic rings. The minimum atomic E-state index is -0.480. The van der Waals surface area contributed by atoms with Crippen LogP contribution >= 0.6 is 11.3 Å². The topological polar surface area (TPSA) is 58.6 Å². The SMILES string of the molecule is COc1cc(NC(=O)c2cc(F)ccc2C)ccc1C(=O)N1CCc2ccsc2-c2ccccc21. The number of hydrogen-bond donors (Lipinski definition) is 1. The van der Waals surface area contributed by atoms with Crippen molar-refractivity contribution < 1.29 is 18.7 Å². The lowest BCUT2D eigenvalue weighted by atomic mass is 10.1. The summed E-state index contributed by atoms with van der Waals surface area (Å²) in [5.41, 5.74) is 4.89. The molecule has 0 spiro atoms. The molecule has 5 rings (SSSR count). The van der Waals surface area contributed by atoms with Crippen molar-refractivity contribution in [2.24, 2.45) is 0 Å². The summed E-state index contributed by atoms with van der Waals surface area (Å²) >= 11 is 1.68. The molecule has 35 heavy (non-hydrogen) atoms. The molecule has 1 aromatic heterocycles. The van der Waals surface area contributed by atoms with E-state index in [0.717, 1.165) is 17.7 Å². The van der Waals surface area contributed by atoms with Crippen LogP contribution < -0.4 is 15.0 Å². The summed E-state index contributed by atoms with van der Waals surface area (Å²) in [5, 5.41) is 4.86. The third-order valence-corrected chi connectivity index (χ3v) is 7.16. The van der Waals surface area contributed by atoms with Crippen LogP contribution in [0.1, 0.15) is 31.8 Å². The smallest absolute Gasteiger partial charge is 0.262 e. The van der Waals surface area contributed by atoms with Crippen molar-refractivity contribution in [3.8, 4) is 16.2 Å². The van der Waals surface area contributed by atoms with Gasteiger partial charge in [-0.3, -0.25) is 9.59 Å². The zero-order valence-corrected chi connectivity index (χ0v) is 20.1. The number of anilines is 2. The van der Waals surface area contributed by atoms with E-state index in [-0.39, 0.29) is 11.5 Å². The number of halogens is 1. The molecule has 2 heterocycles. The molecule has 0 saturated carbocycles. The monoisotopic (exact) mass is 486 g/mol. The predicted octanol–water partition coefficient (Wildman–Crippen LogP) is 6.33. The number of carbonyl (C=O) groups excluding carboxylic acids is 2. The average molecular weight is 487 g/mol. The molecule has 0 bridgehead atoms. The van der Waals surface area contributed by atoms with Gasteiger partial charge in [0.05, 0.1) is 18.4 Å². The maximum atomic E-state index is 13.7. The predicted molar refractivity (Wildman–Crippen MR) is 137 cm³/mol. The fourth-order valence-corrected chi connectivity index (χ4v) is 5.35. The normalized spacial score (nSPS) is 12.4. The number of thiophene rings is 1. The number of amides is 2. The Balaban J connectivity index is 1.45. The summed E-state index contributed by atoms with van der Waals surface area (Å²) in [6.45, 7) is 2.29. The third kappa shape index (κ3) is 4.31. The number of rotatable bonds is 4. The van der Waals surface area contributed by atoms with E-state index in [4.69, 9.17) is 4.74 Å². The van der Waals surface area contributed by atoms with E-state index in [1.165, 1.54) is 29.7 Å². The molecular formula is C28H23FN2O3S. The second-order valence-corrected chi connectivity index (χ2v) is 9.24. The molecule has 4 aromatic rings. The van der Waals surface area contributed by atoms with E-state index in [1.807, 2.05) is 24.3 Å². The Bertz CT molecular complexity index is 1450. The number of fused-ring (bicyclic) bond motifs is 3. The fraction of sp³-hybridized carbons (Fsp3) is 0.143. The Morgan fingerprint density at radius 1 is 1.03 bits per heavy atom. The molecular weight excluding hydrogens is 463 g/mol. The van der Waals surface area contributed by atoms with E-state index < -0.39 is 11.7 Å². The Kier molecular flexibility index (Phi) is 6.09. The molecule has 0 radical (unpaired) electrons. The molecule has 2 amide bonds. The Hall–Kier alpha value is -3.97. The second kappa shape index (κ2) is 9.35. The minimum Gasteiger partial charge on any atom is -0.496 e. The van der Waals surface area contributed by atoms with Crippen LogP contribution in [-0.4, -0.2) is 25.5 Å². The fourth-order valence-electron chi connectivity index (χ4n) is 4.36. The molecule has 176 valence electrons. The van der Waals surface area contributed by atoms with E-state index in [0.29, 0.717) is 29.1 Å². The largest absolute Gasteiger partial charge is 0.496 e. The molecule has 1 N–H and O–H groups in total. The van der Waals surface area contributed by atoms with Crippen molar-refractivity contribution in [1.82, 2.24) is 0 Å². The molecule has 0 saturated heterocycles. The van der Waals surface area contributed by atoms with Gasteiger partial charge in [0.1, 0.15) is 11.6 Å². The summed E-state index contributed by atoms with van der Waals surface area (Å²) in [4.78, 5) is 29.4. The molecule has 0 atom stereocenters. The molecule has 5 nitrogen and oxygen atoms in total. The summed E-state index contributed by atoms with van der Waals surface area (Å²) in [7, 11) is 1.49. The maximum absolute atomic E-state index is 13.7. The summed E-state index contributed by atoms with van der Waals surface area (Å²) in [5.74, 6) is -0.745. The standard InChI is InChI=1S/C28H23FN2O3S/c1-17-7-8-19(29)15-23(17)27(32)30-20-9-10-22(25(16-20)34-2)28(33)31-13-11-18-12-14-35-26(18)21-5-3-4-6-24(21)31/h3-10,12,14-16H,11,13H2,1-2H3,(H,30,32). The van der Waals surface area contributed by atoms with Gasteiger partial charge in [0.25, 0.3) is 11.8 Å². The molecule has 0 unspecified atom stereocenters. The lowest BCUT2D eigenvalue weighted by Gasteiger charge is -2.24. The average Bonchev–Trinajstić information content (AvgIpc) is 3.28. The quantitative estimate of drug-likeness (QED) is 0.367. The molecule has 0 fully saturated rings. The van der Waals surface area contributed by atoms with Gasteiger partial charge in [-0.2, -0.15) is 0 Å². The van der Waals surface area contributed by atoms with Crippen molar-refractivity contribution >= 4 is 34.5 Å². The summed E-state index contributed by atoms with van der Waals surface area (Å²) < 4.78 is 19.2. The Morgan fingerprint density at radius 3 is 2.69 bits per heavy atom. The number of nitrogens with one attached hydrogen (secondary N) is 1. The van der Waals surface area contributed by atoms with Gasteiger partial charge in [0.15, 0.2) is 0 Å². The van der Waals surface area contributed by atoms with Crippen molar-refractivity contribution in [1.29, 1.82) is 0 Å². The summed E-state index contributed by atoms with van der Waals surface area (Å²) in [6.07, 6.45) is 0.753. The second-order valence-electron chi connectivity index (χ2n) is 8.33. The number of benzene rings is 3. The summed E-state index contributed by atoms with van der Waals surface area (Å²) in [6, 6.07) is 19.0. The van der Waals surface area contributed by atoms with Crippen LogP contribution in [0.4, 0.5) is 15.8 Å². The minimum absolute atomic E-state index is 0.177. The van der Waals surface area contributed by atoms with Crippen LogP contribution in [0.25, 0.3) is 10.4 Å². The Labute approximate surface area is 206 Å². The van der Waals surface area contributed by atoms with Crippen LogP contribution in [0.5, 0.6) is 5.75 Å². The van der Waals surface area contributed by atoms with Crippen LogP contribution in [0.2, 0.25) is 0 Å². The van der Waals surface area contributed by atoms with Gasteiger partial charge in [-0.15, -0.1) is 11.3 Å². The van der Waals surface area contributed by atoms with Gasteiger partial charge in [-0.05, 0) is 66.2 Å². The number of aryl methyl sites for hydroxylation is 1. The maximum Gasteiger partial charge on any atom is 0.262 e. The van der Waals surface area contributed by atoms with Gasteiger partial charge in [-0.1, -0.05) is 24.3 Å². The lowest BCUT2D eigenvalue weighted by Crippen LogP contribution is -2.32. The van der Waals surface area contributed by atoms with E-state index >= 15 is 0 Å². The molecule has 3 aromatic carbocycles. The molecule has 1 aliphatic heterocycles. The lowest BCUT2D eigenvalue weighted by molar-refractivity contribution is 0.0983. The van der Waals surface area contributed by atoms with E-state index in [1.54, 1.807) is 47.4 Å². The number of hydrogen-bond acceptors (Lipinski definition) is 4. The number of nitrogens with zero attached hydrogens (tertiary/aromatic N) is 1. The third-order valence-electron chi connectivity index (χ3n) is 6.17. The first kappa shape index (κ1) is 22.8. The van der Waals surface area contributed by atoms with Crippen molar-refractivity contribution in [3.63, 3.8) is 0 Å². The van der Waals surface area contributed by atoms with E-state index in [2.05, 4.69) is 16.8 Å². The van der Waals surface area contributed by atoms with Crippen molar-refractivity contribution in [2.75, 3.05) is 23.9 Å². The van der Waals surface area contributed by atoms with Crippen LogP contribution in [-0.2, 0) is 6.42 Å². The van der Waals surface area contributed by atoms with Crippen molar-refractivity contribution in [2.45, 2.75) is 13.3 Å². The first-order chi connectivity index (χ1) is 17.0. The molecule has 7 heteroatoms. The van der Waals surface area contributed by atoms with Gasteiger partial charge < -0.3 is 15.0 Å². The van der Waals surface area contributed by atoms with Crippen LogP contribution in [0.3, 0.4) is 0 Å². The van der Waals surface area contributed by atoms with Gasteiger partial charge in [-0.25, -0.2) is 4.39 Å². The van der Waals surface area contributed by atoms with Gasteiger partial charge in [0, 0.05) is 34.3 Å². The highest BCUT2D eigenvalue weighted by molar-refractivity contribution is 7.13. The zero-order chi connectivity index (χ0) is 24.5. The number of para-hydroxylation sites is 1. The van der Waals surface area contributed by atoms with Gasteiger partial charge >= 0.3 is 0 Å². The van der Waals surface area contributed by atoms with Gasteiger partial charge in [0.2, 0.25) is 0 Å². The highest BCUT2D eigenvalue weighted by Crippen LogP contribution is 2.40. The van der Waals surface area contributed by atoms with Crippen molar-refractivity contribution in [3.05, 3.63) is 100 Å². The number of methoxy groups -OCH3 is 1.